The summed E-state index contributed by atoms with van der Waals surface area (Å²) in [5.74, 6) is 0.316. The van der Waals surface area contributed by atoms with Crippen LogP contribution in [0.5, 0.6) is 5.75 Å². The number of ether oxygens (including phenoxy) is 1. The molecule has 0 saturated heterocycles. The van der Waals surface area contributed by atoms with E-state index < -0.39 is 0 Å². The second-order valence-electron chi connectivity index (χ2n) is 3.56. The van der Waals surface area contributed by atoms with Crippen LogP contribution >= 0.6 is 15.9 Å². The SMILES string of the molecule is Nc1ccccc1OCc1cc(F)ccc1Br. The molecule has 2 rings (SSSR count). The van der Waals surface area contributed by atoms with Gasteiger partial charge in [-0.1, -0.05) is 28.1 Å². The monoisotopic (exact) mass is 295 g/mol. The molecule has 0 unspecified atom stereocenters. The summed E-state index contributed by atoms with van der Waals surface area (Å²) in [6.07, 6.45) is 0. The van der Waals surface area contributed by atoms with Crippen LogP contribution in [0.1, 0.15) is 5.56 Å². The summed E-state index contributed by atoms with van der Waals surface area (Å²) in [5.41, 5.74) is 7.06. The van der Waals surface area contributed by atoms with E-state index >= 15 is 0 Å². The van der Waals surface area contributed by atoms with Gasteiger partial charge in [0.1, 0.15) is 18.2 Å². The molecule has 0 heterocycles. The standard InChI is InChI=1S/C13H11BrFNO/c14-11-6-5-10(15)7-9(11)8-17-13-4-2-1-3-12(13)16/h1-7H,8,16H2. The van der Waals surface area contributed by atoms with Gasteiger partial charge in [0, 0.05) is 10.0 Å². The Balaban J connectivity index is 2.12. The summed E-state index contributed by atoms with van der Waals surface area (Å²) in [4.78, 5) is 0. The molecule has 2 aromatic rings. The maximum Gasteiger partial charge on any atom is 0.142 e. The van der Waals surface area contributed by atoms with Gasteiger partial charge >= 0.3 is 0 Å². The van der Waals surface area contributed by atoms with Crippen LogP contribution in [-0.2, 0) is 6.61 Å². The number of halogens is 2. The van der Waals surface area contributed by atoms with Crippen LogP contribution in [0.15, 0.2) is 46.9 Å². The Labute approximate surface area is 107 Å². The van der Waals surface area contributed by atoms with Gasteiger partial charge in [-0.05, 0) is 30.3 Å². The van der Waals surface area contributed by atoms with E-state index in [9.17, 15) is 4.39 Å². The first kappa shape index (κ1) is 11.9. The fourth-order valence-corrected chi connectivity index (χ4v) is 1.78. The van der Waals surface area contributed by atoms with E-state index in [0.717, 1.165) is 10.0 Å². The fraction of sp³-hybridized carbons (Fsp3) is 0.0769. The lowest BCUT2D eigenvalue weighted by atomic mass is 10.2. The molecule has 0 atom stereocenters. The average molecular weight is 296 g/mol. The summed E-state index contributed by atoms with van der Waals surface area (Å²) in [5, 5.41) is 0. The molecule has 2 aromatic carbocycles. The number of nitrogens with two attached hydrogens (primary N) is 1. The number of para-hydroxylation sites is 2. The van der Waals surface area contributed by atoms with Crippen molar-refractivity contribution in [2.45, 2.75) is 6.61 Å². The van der Waals surface area contributed by atoms with Gasteiger partial charge in [-0.3, -0.25) is 0 Å². The van der Waals surface area contributed by atoms with E-state index in [4.69, 9.17) is 10.5 Å². The molecule has 4 heteroatoms. The van der Waals surface area contributed by atoms with E-state index in [2.05, 4.69) is 15.9 Å². The largest absolute Gasteiger partial charge is 0.487 e. The molecule has 2 nitrogen and oxygen atoms in total. The number of hydrogen-bond acceptors (Lipinski definition) is 2. The van der Waals surface area contributed by atoms with Gasteiger partial charge in [0.25, 0.3) is 0 Å². The molecule has 0 fully saturated rings. The van der Waals surface area contributed by atoms with Crippen LogP contribution in [0, 0.1) is 5.82 Å². The average Bonchev–Trinajstić information content (AvgIpc) is 2.32. The van der Waals surface area contributed by atoms with Crippen molar-refractivity contribution in [3.63, 3.8) is 0 Å². The lowest BCUT2D eigenvalue weighted by Gasteiger charge is -2.09. The van der Waals surface area contributed by atoms with E-state index in [1.165, 1.54) is 12.1 Å². The molecule has 0 bridgehead atoms. The smallest absolute Gasteiger partial charge is 0.142 e. The topological polar surface area (TPSA) is 35.2 Å². The molecular formula is C13H11BrFNO. The number of nitrogen functional groups attached to an aromatic ring is 1. The third kappa shape index (κ3) is 2.97. The highest BCUT2D eigenvalue weighted by atomic mass is 79.9. The lowest BCUT2D eigenvalue weighted by molar-refractivity contribution is 0.306. The molecule has 0 aliphatic carbocycles. The second kappa shape index (κ2) is 5.19. The molecule has 88 valence electrons. The minimum atomic E-state index is -0.284. The maximum atomic E-state index is 13.1. The van der Waals surface area contributed by atoms with E-state index in [0.29, 0.717) is 11.4 Å². The Kier molecular flexibility index (Phi) is 3.64. The van der Waals surface area contributed by atoms with Crippen molar-refractivity contribution in [2.75, 3.05) is 5.73 Å². The Morgan fingerprint density at radius 1 is 1.18 bits per heavy atom. The maximum absolute atomic E-state index is 13.1. The summed E-state index contributed by atoms with van der Waals surface area (Å²) < 4.78 is 19.4. The second-order valence-corrected chi connectivity index (χ2v) is 4.42. The van der Waals surface area contributed by atoms with Crippen molar-refractivity contribution in [3.8, 4) is 5.75 Å². The Hall–Kier alpha value is -1.55. The summed E-state index contributed by atoms with van der Waals surface area (Å²) in [6.45, 7) is 0.270. The zero-order valence-electron chi connectivity index (χ0n) is 8.99. The van der Waals surface area contributed by atoms with Gasteiger partial charge in [0.2, 0.25) is 0 Å². The molecular weight excluding hydrogens is 285 g/mol. The van der Waals surface area contributed by atoms with Crippen molar-refractivity contribution >= 4 is 21.6 Å². The Morgan fingerprint density at radius 3 is 2.71 bits per heavy atom. The zero-order chi connectivity index (χ0) is 12.3. The van der Waals surface area contributed by atoms with Crippen molar-refractivity contribution in [1.29, 1.82) is 0 Å². The quantitative estimate of drug-likeness (QED) is 0.875. The van der Waals surface area contributed by atoms with Crippen LogP contribution in [0.25, 0.3) is 0 Å². The lowest BCUT2D eigenvalue weighted by Crippen LogP contribution is -1.99. The minimum absolute atomic E-state index is 0.270. The molecule has 0 amide bonds. The summed E-state index contributed by atoms with van der Waals surface area (Å²) in [6, 6.07) is 11.7. The molecule has 0 aromatic heterocycles. The number of benzene rings is 2. The first-order chi connectivity index (χ1) is 8.16. The summed E-state index contributed by atoms with van der Waals surface area (Å²) in [7, 11) is 0. The van der Waals surface area contributed by atoms with Gasteiger partial charge in [0.15, 0.2) is 0 Å². The van der Waals surface area contributed by atoms with E-state index in [-0.39, 0.29) is 12.4 Å². The fourth-order valence-electron chi connectivity index (χ4n) is 1.42. The van der Waals surface area contributed by atoms with Crippen LogP contribution in [-0.4, -0.2) is 0 Å². The van der Waals surface area contributed by atoms with Crippen LogP contribution < -0.4 is 10.5 Å². The number of hydrogen-bond donors (Lipinski definition) is 1. The first-order valence-corrected chi connectivity index (χ1v) is 5.87. The molecule has 0 spiro atoms. The van der Waals surface area contributed by atoms with Crippen molar-refractivity contribution in [1.82, 2.24) is 0 Å². The molecule has 17 heavy (non-hydrogen) atoms. The predicted octanol–water partition coefficient (Wildman–Crippen LogP) is 3.75. The van der Waals surface area contributed by atoms with Crippen molar-refractivity contribution < 1.29 is 9.13 Å². The van der Waals surface area contributed by atoms with Crippen LogP contribution in [0.2, 0.25) is 0 Å². The van der Waals surface area contributed by atoms with Crippen LogP contribution in [0.3, 0.4) is 0 Å². The molecule has 0 aliphatic heterocycles. The van der Waals surface area contributed by atoms with Gasteiger partial charge < -0.3 is 10.5 Å². The van der Waals surface area contributed by atoms with E-state index in [1.54, 1.807) is 18.2 Å². The normalized spacial score (nSPS) is 10.2. The Bertz CT molecular complexity index is 531. The third-order valence-electron chi connectivity index (χ3n) is 2.31. The van der Waals surface area contributed by atoms with Gasteiger partial charge in [0.05, 0.1) is 5.69 Å². The van der Waals surface area contributed by atoms with Gasteiger partial charge in [-0.25, -0.2) is 4.39 Å². The zero-order valence-corrected chi connectivity index (χ0v) is 10.6. The number of anilines is 1. The van der Waals surface area contributed by atoms with Crippen molar-refractivity contribution in [3.05, 3.63) is 58.3 Å². The van der Waals surface area contributed by atoms with Gasteiger partial charge in [-0.15, -0.1) is 0 Å². The van der Waals surface area contributed by atoms with Gasteiger partial charge in [-0.2, -0.15) is 0 Å². The number of rotatable bonds is 3. The van der Waals surface area contributed by atoms with Crippen LogP contribution in [0.4, 0.5) is 10.1 Å². The highest BCUT2D eigenvalue weighted by Crippen LogP contribution is 2.23. The molecule has 2 N–H and O–H groups in total. The minimum Gasteiger partial charge on any atom is -0.487 e. The van der Waals surface area contributed by atoms with Crippen molar-refractivity contribution in [2.24, 2.45) is 0 Å². The van der Waals surface area contributed by atoms with E-state index in [1.807, 2.05) is 12.1 Å². The predicted molar refractivity (Wildman–Crippen MR) is 69.3 cm³/mol. The first-order valence-electron chi connectivity index (χ1n) is 5.08. The molecule has 0 saturated carbocycles. The highest BCUT2D eigenvalue weighted by molar-refractivity contribution is 9.10. The Morgan fingerprint density at radius 2 is 1.94 bits per heavy atom. The summed E-state index contributed by atoms with van der Waals surface area (Å²) >= 11 is 3.34. The highest BCUT2D eigenvalue weighted by Gasteiger charge is 2.04. The molecule has 0 aliphatic rings. The third-order valence-corrected chi connectivity index (χ3v) is 3.08. The molecule has 0 radical (unpaired) electrons.